The van der Waals surface area contributed by atoms with Gasteiger partial charge in [-0.25, -0.2) is 4.98 Å². The monoisotopic (exact) mass is 470 g/mol. The fraction of sp³-hybridized carbons (Fsp3) is 0.750. The summed E-state index contributed by atoms with van der Waals surface area (Å²) in [6.45, 7) is 4.19. The minimum Gasteiger partial charge on any atom is -0.356 e. The number of aliphatic imine (C=N–C) groups is 1. The van der Waals surface area contributed by atoms with E-state index in [0.29, 0.717) is 5.96 Å². The number of halogens is 3. The van der Waals surface area contributed by atoms with Gasteiger partial charge >= 0.3 is 6.55 Å². The van der Waals surface area contributed by atoms with Crippen LogP contribution in [-0.2, 0) is 6.54 Å². The number of alkyl halides is 2. The van der Waals surface area contributed by atoms with Crippen molar-refractivity contribution >= 4 is 29.9 Å². The lowest BCUT2D eigenvalue weighted by Crippen LogP contribution is -2.39. The maximum absolute atomic E-state index is 12.8. The van der Waals surface area contributed by atoms with Crippen molar-refractivity contribution < 1.29 is 8.78 Å². The van der Waals surface area contributed by atoms with Crippen LogP contribution in [0, 0.1) is 5.92 Å². The Morgan fingerprint density at radius 3 is 2.72 bits per heavy atom. The van der Waals surface area contributed by atoms with E-state index in [9.17, 15) is 8.78 Å². The molecule has 1 saturated heterocycles. The molecule has 0 aliphatic carbocycles. The number of guanidine groups is 1. The summed E-state index contributed by atoms with van der Waals surface area (Å²) in [5, 5.41) is 6.24. The zero-order valence-corrected chi connectivity index (χ0v) is 17.2. The van der Waals surface area contributed by atoms with Crippen LogP contribution in [0.3, 0.4) is 0 Å². The minimum atomic E-state index is -2.58. The van der Waals surface area contributed by atoms with Gasteiger partial charge in [0, 0.05) is 26.0 Å². The van der Waals surface area contributed by atoms with Gasteiger partial charge in [-0.05, 0) is 44.8 Å². The van der Waals surface area contributed by atoms with Gasteiger partial charge in [0.05, 0.1) is 6.54 Å². The number of aromatic nitrogens is 2. The summed E-state index contributed by atoms with van der Waals surface area (Å²) >= 11 is 0. The molecule has 9 heteroatoms. The summed E-state index contributed by atoms with van der Waals surface area (Å²) in [6.07, 6.45) is 6.25. The first-order valence-corrected chi connectivity index (χ1v) is 8.57. The third-order valence-corrected chi connectivity index (χ3v) is 4.42. The molecule has 6 nitrogen and oxygen atoms in total. The molecule has 1 aliphatic heterocycles. The second-order valence-corrected chi connectivity index (χ2v) is 6.26. The standard InChI is InChI=1S/C16H28F2N6.HI/c1-13-4-9-23(10-5-13)8-3-6-21-16(19-2)22-12-14-20-7-11-24(14)15(17)18;/h7,11,13,15H,3-6,8-10,12H2,1-2H3,(H2,19,21,22);1H. The van der Waals surface area contributed by atoms with Gasteiger partial charge in [0.15, 0.2) is 5.96 Å². The number of nitrogens with one attached hydrogen (secondary N) is 2. The van der Waals surface area contributed by atoms with Gasteiger partial charge in [-0.1, -0.05) is 6.92 Å². The van der Waals surface area contributed by atoms with Gasteiger partial charge in [0.1, 0.15) is 5.82 Å². The predicted molar refractivity (Wildman–Crippen MR) is 107 cm³/mol. The van der Waals surface area contributed by atoms with Crippen LogP contribution in [0.5, 0.6) is 0 Å². The molecular formula is C16H29F2IN6. The molecule has 0 unspecified atom stereocenters. The first kappa shape index (κ1) is 22.1. The summed E-state index contributed by atoms with van der Waals surface area (Å²) in [7, 11) is 1.67. The highest BCUT2D eigenvalue weighted by Crippen LogP contribution is 2.15. The van der Waals surface area contributed by atoms with E-state index in [2.05, 4.69) is 32.4 Å². The molecule has 144 valence electrons. The number of nitrogens with zero attached hydrogens (tertiary/aromatic N) is 4. The van der Waals surface area contributed by atoms with Crippen molar-refractivity contribution in [2.75, 3.05) is 33.2 Å². The first-order valence-electron chi connectivity index (χ1n) is 8.57. The van der Waals surface area contributed by atoms with Crippen molar-refractivity contribution in [3.8, 4) is 0 Å². The third-order valence-electron chi connectivity index (χ3n) is 4.42. The fourth-order valence-electron chi connectivity index (χ4n) is 2.84. The van der Waals surface area contributed by atoms with Crippen molar-refractivity contribution in [2.24, 2.45) is 10.9 Å². The number of likely N-dealkylation sites (tertiary alicyclic amines) is 1. The molecule has 1 aromatic rings. The first-order chi connectivity index (χ1) is 11.6. The van der Waals surface area contributed by atoms with E-state index < -0.39 is 6.55 Å². The van der Waals surface area contributed by atoms with E-state index >= 15 is 0 Å². The molecule has 1 fully saturated rings. The van der Waals surface area contributed by atoms with E-state index in [1.807, 2.05) is 0 Å². The number of piperidine rings is 1. The highest BCUT2D eigenvalue weighted by molar-refractivity contribution is 14.0. The Morgan fingerprint density at radius 2 is 2.08 bits per heavy atom. The van der Waals surface area contributed by atoms with Gasteiger partial charge < -0.3 is 15.5 Å². The zero-order chi connectivity index (χ0) is 17.4. The summed E-state index contributed by atoms with van der Waals surface area (Å²) in [4.78, 5) is 10.5. The maximum Gasteiger partial charge on any atom is 0.319 e. The topological polar surface area (TPSA) is 57.5 Å². The molecule has 0 aromatic carbocycles. The Hall–Kier alpha value is -0.970. The van der Waals surface area contributed by atoms with Crippen LogP contribution in [0.2, 0.25) is 0 Å². The summed E-state index contributed by atoms with van der Waals surface area (Å²) < 4.78 is 26.4. The SMILES string of the molecule is CN=C(NCCCN1CCC(C)CC1)NCc1nccn1C(F)F.I. The molecule has 0 amide bonds. The Kier molecular flexibility index (Phi) is 10.2. The van der Waals surface area contributed by atoms with Gasteiger partial charge in [-0.3, -0.25) is 9.56 Å². The van der Waals surface area contributed by atoms with Crippen molar-refractivity contribution in [1.29, 1.82) is 0 Å². The van der Waals surface area contributed by atoms with E-state index in [1.54, 1.807) is 7.05 Å². The van der Waals surface area contributed by atoms with Crippen molar-refractivity contribution in [1.82, 2.24) is 25.1 Å². The minimum absolute atomic E-state index is 0. The Labute approximate surface area is 165 Å². The fourth-order valence-corrected chi connectivity index (χ4v) is 2.84. The van der Waals surface area contributed by atoms with E-state index in [-0.39, 0.29) is 36.3 Å². The van der Waals surface area contributed by atoms with Crippen LogP contribution in [-0.4, -0.2) is 53.6 Å². The van der Waals surface area contributed by atoms with Crippen molar-refractivity contribution in [3.05, 3.63) is 18.2 Å². The number of hydrogen-bond acceptors (Lipinski definition) is 3. The molecule has 1 aliphatic rings. The molecule has 0 spiro atoms. The van der Waals surface area contributed by atoms with Gasteiger partial charge in [-0.15, -0.1) is 24.0 Å². The second kappa shape index (κ2) is 11.6. The molecular weight excluding hydrogens is 441 g/mol. The van der Waals surface area contributed by atoms with E-state index in [1.165, 1.54) is 38.3 Å². The maximum atomic E-state index is 12.8. The van der Waals surface area contributed by atoms with Gasteiger partial charge in [0.25, 0.3) is 0 Å². The molecule has 0 bridgehead atoms. The van der Waals surface area contributed by atoms with Crippen molar-refractivity contribution in [2.45, 2.75) is 39.3 Å². The molecule has 2 rings (SSSR count). The Bertz CT molecular complexity index is 514. The average molecular weight is 470 g/mol. The van der Waals surface area contributed by atoms with Crippen molar-refractivity contribution in [3.63, 3.8) is 0 Å². The van der Waals surface area contributed by atoms with E-state index in [4.69, 9.17) is 0 Å². The normalized spacial score (nSPS) is 16.8. The lowest BCUT2D eigenvalue weighted by atomic mass is 9.99. The Morgan fingerprint density at radius 1 is 1.36 bits per heavy atom. The molecule has 1 aromatic heterocycles. The van der Waals surface area contributed by atoms with Gasteiger partial charge in [-0.2, -0.15) is 8.78 Å². The predicted octanol–water partition coefficient (Wildman–Crippen LogP) is 2.68. The molecule has 25 heavy (non-hydrogen) atoms. The lowest BCUT2D eigenvalue weighted by molar-refractivity contribution is 0.0668. The smallest absolute Gasteiger partial charge is 0.319 e. The summed E-state index contributed by atoms with van der Waals surface area (Å²) in [5.41, 5.74) is 0. The lowest BCUT2D eigenvalue weighted by Gasteiger charge is -2.30. The van der Waals surface area contributed by atoms with E-state index in [0.717, 1.165) is 30.0 Å². The third kappa shape index (κ3) is 7.43. The van der Waals surface area contributed by atoms with Crippen LogP contribution in [0.4, 0.5) is 8.78 Å². The van der Waals surface area contributed by atoms with Crippen LogP contribution in [0.25, 0.3) is 0 Å². The second-order valence-electron chi connectivity index (χ2n) is 6.26. The summed E-state index contributed by atoms with van der Waals surface area (Å²) in [6, 6.07) is 0. The highest BCUT2D eigenvalue weighted by atomic mass is 127. The van der Waals surface area contributed by atoms with Crippen LogP contribution < -0.4 is 10.6 Å². The Balaban J connectivity index is 0.00000312. The van der Waals surface area contributed by atoms with Crippen LogP contribution >= 0.6 is 24.0 Å². The van der Waals surface area contributed by atoms with Crippen LogP contribution in [0.1, 0.15) is 38.6 Å². The summed E-state index contributed by atoms with van der Waals surface area (Å²) in [5.74, 6) is 1.74. The molecule has 0 radical (unpaired) electrons. The van der Waals surface area contributed by atoms with Crippen LogP contribution in [0.15, 0.2) is 17.4 Å². The average Bonchev–Trinajstić information content (AvgIpc) is 3.04. The number of rotatable bonds is 7. The molecule has 0 saturated carbocycles. The van der Waals surface area contributed by atoms with Gasteiger partial charge in [0.2, 0.25) is 0 Å². The number of hydrogen-bond donors (Lipinski definition) is 2. The molecule has 0 atom stereocenters. The number of imidazole rings is 1. The molecule has 2 N–H and O–H groups in total. The molecule has 2 heterocycles. The largest absolute Gasteiger partial charge is 0.356 e. The quantitative estimate of drug-likeness (QED) is 0.279. The highest BCUT2D eigenvalue weighted by Gasteiger charge is 2.15. The zero-order valence-electron chi connectivity index (χ0n) is 14.9.